The molecule has 3 nitrogen and oxygen atoms in total. The number of nitrogens with zero attached hydrogens (tertiary/aromatic N) is 1. The minimum atomic E-state index is -0.701. The molecule has 1 aromatic rings. The van der Waals surface area contributed by atoms with E-state index < -0.39 is 6.10 Å². The first-order chi connectivity index (χ1) is 7.13. The molecule has 1 unspecified atom stereocenters. The maximum absolute atomic E-state index is 9.11. The summed E-state index contributed by atoms with van der Waals surface area (Å²) in [5, 5.41) is 18.7. The van der Waals surface area contributed by atoms with Crippen molar-refractivity contribution in [1.82, 2.24) is 4.98 Å². The van der Waals surface area contributed by atoms with Crippen molar-refractivity contribution in [3.8, 4) is 0 Å². The van der Waals surface area contributed by atoms with Crippen molar-refractivity contribution in [3.63, 3.8) is 0 Å². The van der Waals surface area contributed by atoms with Crippen LogP contribution in [0.1, 0.15) is 5.69 Å². The fourth-order valence-corrected chi connectivity index (χ4v) is 2.23. The molecule has 0 saturated carbocycles. The summed E-state index contributed by atoms with van der Waals surface area (Å²) < 4.78 is 0. The average molecular weight is 268 g/mol. The van der Waals surface area contributed by atoms with Crippen molar-refractivity contribution in [2.45, 2.75) is 11.9 Å². The van der Waals surface area contributed by atoms with Crippen molar-refractivity contribution in [2.75, 3.05) is 12.4 Å². The average Bonchev–Trinajstić information content (AvgIpc) is 2.23. The third-order valence-corrected chi connectivity index (χ3v) is 3.30. The number of hydrogen-bond acceptors (Lipinski definition) is 4. The second-order valence-electron chi connectivity index (χ2n) is 2.91. The normalized spacial score (nSPS) is 12.8. The number of thioether (sulfide) groups is 1. The van der Waals surface area contributed by atoms with Crippen molar-refractivity contribution >= 4 is 35.0 Å². The third-order valence-electron chi connectivity index (χ3n) is 1.64. The van der Waals surface area contributed by atoms with Crippen LogP contribution >= 0.6 is 35.0 Å². The zero-order valence-electron chi connectivity index (χ0n) is 7.86. The van der Waals surface area contributed by atoms with Crippen molar-refractivity contribution in [1.29, 1.82) is 0 Å². The number of halogens is 2. The third kappa shape index (κ3) is 4.57. The van der Waals surface area contributed by atoms with Crippen LogP contribution in [0, 0.1) is 0 Å². The van der Waals surface area contributed by atoms with E-state index in [9.17, 15) is 0 Å². The van der Waals surface area contributed by atoms with Gasteiger partial charge in [-0.2, -0.15) is 11.8 Å². The molecule has 0 radical (unpaired) electrons. The summed E-state index contributed by atoms with van der Waals surface area (Å²) in [6.07, 6.45) is -0.701. The van der Waals surface area contributed by atoms with E-state index in [1.165, 1.54) is 11.8 Å². The Balaban J connectivity index is 2.46. The predicted molar refractivity (Wildman–Crippen MR) is 63.5 cm³/mol. The van der Waals surface area contributed by atoms with Crippen LogP contribution in [-0.2, 0) is 5.75 Å². The second-order valence-corrected chi connectivity index (χ2v) is 4.74. The molecule has 84 valence electrons. The monoisotopic (exact) mass is 267 g/mol. The predicted octanol–water partition coefficient (Wildman–Crippen LogP) is 1.97. The Bertz CT molecular complexity index is 325. The van der Waals surface area contributed by atoms with Gasteiger partial charge in [0, 0.05) is 11.5 Å². The smallest absolute Gasteiger partial charge is 0.129 e. The van der Waals surface area contributed by atoms with Crippen LogP contribution in [0.4, 0.5) is 0 Å². The first kappa shape index (κ1) is 13.1. The summed E-state index contributed by atoms with van der Waals surface area (Å²) in [5.41, 5.74) is 0.694. The van der Waals surface area contributed by atoms with Gasteiger partial charge in [-0.05, 0) is 12.1 Å². The molecule has 0 aliphatic rings. The molecule has 1 atom stereocenters. The number of aliphatic hydroxyl groups is 2. The summed E-state index contributed by atoms with van der Waals surface area (Å²) in [4.78, 5) is 4.06. The molecule has 0 aliphatic heterocycles. The van der Waals surface area contributed by atoms with Gasteiger partial charge in [-0.25, -0.2) is 4.98 Å². The van der Waals surface area contributed by atoms with Gasteiger partial charge in [0.2, 0.25) is 0 Å². The van der Waals surface area contributed by atoms with Crippen LogP contribution in [0.3, 0.4) is 0 Å². The fraction of sp³-hybridized carbons (Fsp3) is 0.444. The molecule has 0 saturated heterocycles. The number of pyridine rings is 1. The molecule has 0 aromatic carbocycles. The maximum Gasteiger partial charge on any atom is 0.129 e. The van der Waals surface area contributed by atoms with Gasteiger partial charge >= 0.3 is 0 Å². The van der Waals surface area contributed by atoms with E-state index in [0.29, 0.717) is 27.4 Å². The molecular weight excluding hydrogens is 257 g/mol. The lowest BCUT2D eigenvalue weighted by molar-refractivity contribution is 0.113. The molecule has 0 aliphatic carbocycles. The summed E-state index contributed by atoms with van der Waals surface area (Å²) in [6.45, 7) is -0.232. The Labute approximate surface area is 102 Å². The van der Waals surface area contributed by atoms with Gasteiger partial charge in [0.15, 0.2) is 0 Å². The van der Waals surface area contributed by atoms with Gasteiger partial charge in [0.25, 0.3) is 0 Å². The molecule has 1 aromatic heterocycles. The maximum atomic E-state index is 9.11. The van der Waals surface area contributed by atoms with Crippen LogP contribution in [0.5, 0.6) is 0 Å². The van der Waals surface area contributed by atoms with E-state index in [1.807, 2.05) is 0 Å². The minimum Gasteiger partial charge on any atom is -0.394 e. The summed E-state index contributed by atoms with van der Waals surface area (Å²) in [6, 6.07) is 3.32. The van der Waals surface area contributed by atoms with Gasteiger partial charge in [-0.15, -0.1) is 0 Å². The molecule has 6 heteroatoms. The van der Waals surface area contributed by atoms with E-state index in [-0.39, 0.29) is 6.61 Å². The first-order valence-electron chi connectivity index (χ1n) is 4.31. The van der Waals surface area contributed by atoms with Crippen LogP contribution in [0.25, 0.3) is 0 Å². The lowest BCUT2D eigenvalue weighted by atomic mass is 10.4. The number of aliphatic hydroxyl groups excluding tert-OH is 2. The van der Waals surface area contributed by atoms with Gasteiger partial charge in [-0.1, -0.05) is 23.2 Å². The van der Waals surface area contributed by atoms with Crippen LogP contribution < -0.4 is 0 Å². The van der Waals surface area contributed by atoms with Crippen molar-refractivity contribution in [2.24, 2.45) is 0 Å². The molecule has 2 N–H and O–H groups in total. The van der Waals surface area contributed by atoms with E-state index >= 15 is 0 Å². The Kier molecular flexibility index (Phi) is 5.71. The zero-order chi connectivity index (χ0) is 11.3. The minimum absolute atomic E-state index is 0.232. The number of aromatic nitrogens is 1. The highest BCUT2D eigenvalue weighted by Crippen LogP contribution is 2.21. The largest absolute Gasteiger partial charge is 0.394 e. The van der Waals surface area contributed by atoms with Crippen molar-refractivity contribution in [3.05, 3.63) is 28.0 Å². The number of rotatable bonds is 5. The molecule has 0 bridgehead atoms. The van der Waals surface area contributed by atoms with Gasteiger partial charge < -0.3 is 10.2 Å². The Hall–Kier alpha value is -0.000000000000000111. The quantitative estimate of drug-likeness (QED) is 0.802. The molecular formula is C9H11Cl2NO2S. The molecule has 15 heavy (non-hydrogen) atoms. The molecule has 1 rings (SSSR count). The highest BCUT2D eigenvalue weighted by molar-refractivity contribution is 7.98. The summed E-state index contributed by atoms with van der Waals surface area (Å²) in [5.74, 6) is 1.01. The lowest BCUT2D eigenvalue weighted by Crippen LogP contribution is -2.14. The first-order valence-corrected chi connectivity index (χ1v) is 6.22. The standard InChI is InChI=1S/C9H11Cl2NO2S/c10-7-1-2-9(11)12-8(7)5-15-4-6(14)3-13/h1-2,6,13-14H,3-5H2. The molecule has 0 amide bonds. The molecule has 1 heterocycles. The Morgan fingerprint density at radius 2 is 2.13 bits per heavy atom. The Morgan fingerprint density at radius 1 is 1.40 bits per heavy atom. The number of hydrogen-bond donors (Lipinski definition) is 2. The Morgan fingerprint density at radius 3 is 2.80 bits per heavy atom. The van der Waals surface area contributed by atoms with E-state index in [1.54, 1.807) is 12.1 Å². The van der Waals surface area contributed by atoms with Crippen LogP contribution in [0.2, 0.25) is 10.2 Å². The topological polar surface area (TPSA) is 53.4 Å². The van der Waals surface area contributed by atoms with E-state index in [4.69, 9.17) is 33.4 Å². The van der Waals surface area contributed by atoms with E-state index in [2.05, 4.69) is 4.98 Å². The van der Waals surface area contributed by atoms with Crippen LogP contribution in [-0.4, -0.2) is 33.7 Å². The van der Waals surface area contributed by atoms with Gasteiger partial charge in [0.1, 0.15) is 5.15 Å². The fourth-order valence-electron chi connectivity index (χ4n) is 0.903. The SMILES string of the molecule is OCC(O)CSCc1nc(Cl)ccc1Cl. The highest BCUT2D eigenvalue weighted by atomic mass is 35.5. The van der Waals surface area contributed by atoms with Gasteiger partial charge in [0.05, 0.1) is 23.4 Å². The second kappa shape index (κ2) is 6.55. The molecule has 0 fully saturated rings. The molecule has 0 spiro atoms. The highest BCUT2D eigenvalue weighted by Gasteiger charge is 2.06. The zero-order valence-corrected chi connectivity index (χ0v) is 10.2. The lowest BCUT2D eigenvalue weighted by Gasteiger charge is -2.07. The van der Waals surface area contributed by atoms with E-state index in [0.717, 1.165) is 0 Å². The summed E-state index contributed by atoms with van der Waals surface area (Å²) >= 11 is 13.1. The van der Waals surface area contributed by atoms with Crippen molar-refractivity contribution < 1.29 is 10.2 Å². The summed E-state index contributed by atoms with van der Waals surface area (Å²) in [7, 11) is 0. The van der Waals surface area contributed by atoms with Crippen LogP contribution in [0.15, 0.2) is 12.1 Å². The van der Waals surface area contributed by atoms with Gasteiger partial charge in [-0.3, -0.25) is 0 Å².